The maximum absolute atomic E-state index is 13.0. The van der Waals surface area contributed by atoms with Crippen LogP contribution in [0.5, 0.6) is 0 Å². The van der Waals surface area contributed by atoms with Crippen molar-refractivity contribution in [1.29, 1.82) is 5.26 Å². The van der Waals surface area contributed by atoms with Crippen molar-refractivity contribution in [2.45, 2.75) is 31.1 Å². The molecule has 1 aromatic carbocycles. The van der Waals surface area contributed by atoms with Gasteiger partial charge in [0.05, 0.1) is 17.4 Å². The molecule has 0 spiro atoms. The first-order chi connectivity index (χ1) is 13.1. The standard InChI is InChI=1S/C21H27N3O3/c1-27-15-19(25)24-11-5-6-17(14-24)20(26)23-12-9-21(16-22,10-13-23)18-7-3-2-4-8-18/h2-4,7-8,17H,5-6,9-15H2,1H3/t17-/m1/s1. The molecule has 2 aliphatic rings. The zero-order chi connectivity index (χ0) is 19.3. The smallest absolute Gasteiger partial charge is 0.248 e. The number of methoxy groups -OCH3 is 1. The number of nitriles is 1. The Kier molecular flexibility index (Phi) is 6.12. The highest BCUT2D eigenvalue weighted by atomic mass is 16.5. The SMILES string of the molecule is COCC(=O)N1CCC[C@@H](C(=O)N2CCC(C#N)(c3ccccc3)CC2)C1. The number of carbonyl (C=O) groups is 2. The lowest BCUT2D eigenvalue weighted by Crippen LogP contribution is -2.51. The second-order valence-electron chi connectivity index (χ2n) is 7.50. The molecular formula is C21H27N3O3. The molecule has 0 radical (unpaired) electrons. The maximum Gasteiger partial charge on any atom is 0.248 e. The molecule has 6 heteroatoms. The van der Waals surface area contributed by atoms with Crippen LogP contribution in [0, 0.1) is 17.2 Å². The first-order valence-electron chi connectivity index (χ1n) is 9.62. The molecule has 0 unspecified atom stereocenters. The fourth-order valence-electron chi connectivity index (χ4n) is 4.21. The molecule has 3 rings (SSSR count). The largest absolute Gasteiger partial charge is 0.375 e. The molecule has 1 aromatic rings. The van der Waals surface area contributed by atoms with Crippen LogP contribution in [-0.4, -0.2) is 61.5 Å². The number of nitrogens with zero attached hydrogens (tertiary/aromatic N) is 3. The molecule has 2 aliphatic heterocycles. The molecule has 0 N–H and O–H groups in total. The molecule has 2 heterocycles. The summed E-state index contributed by atoms with van der Waals surface area (Å²) in [5.74, 6) is -0.0865. The van der Waals surface area contributed by atoms with Gasteiger partial charge >= 0.3 is 0 Å². The minimum atomic E-state index is -0.509. The van der Waals surface area contributed by atoms with Crippen LogP contribution in [0.25, 0.3) is 0 Å². The van der Waals surface area contributed by atoms with Crippen LogP contribution in [0.15, 0.2) is 30.3 Å². The van der Waals surface area contributed by atoms with Gasteiger partial charge in [-0.1, -0.05) is 30.3 Å². The van der Waals surface area contributed by atoms with E-state index in [2.05, 4.69) is 6.07 Å². The van der Waals surface area contributed by atoms with Crippen molar-refractivity contribution in [2.24, 2.45) is 5.92 Å². The van der Waals surface area contributed by atoms with Gasteiger partial charge < -0.3 is 14.5 Å². The predicted octanol–water partition coefficient (Wildman–Crippen LogP) is 1.96. The van der Waals surface area contributed by atoms with Crippen molar-refractivity contribution in [1.82, 2.24) is 9.80 Å². The van der Waals surface area contributed by atoms with Crippen molar-refractivity contribution in [2.75, 3.05) is 39.9 Å². The molecule has 27 heavy (non-hydrogen) atoms. The minimum absolute atomic E-state index is 0.0544. The van der Waals surface area contributed by atoms with E-state index in [0.717, 1.165) is 18.4 Å². The number of carbonyl (C=O) groups excluding carboxylic acids is 2. The number of ether oxygens (including phenoxy) is 1. The van der Waals surface area contributed by atoms with E-state index in [1.165, 1.54) is 7.11 Å². The number of hydrogen-bond donors (Lipinski definition) is 0. The Balaban J connectivity index is 1.61. The van der Waals surface area contributed by atoms with Gasteiger partial charge in [0.2, 0.25) is 11.8 Å². The van der Waals surface area contributed by atoms with E-state index in [-0.39, 0.29) is 24.3 Å². The second kappa shape index (κ2) is 8.53. The summed E-state index contributed by atoms with van der Waals surface area (Å²) in [4.78, 5) is 28.7. The molecule has 2 amide bonds. The summed E-state index contributed by atoms with van der Waals surface area (Å²) in [6.45, 7) is 2.40. The fourth-order valence-corrected chi connectivity index (χ4v) is 4.21. The molecule has 0 aliphatic carbocycles. The van der Waals surface area contributed by atoms with Crippen LogP contribution in [0.4, 0.5) is 0 Å². The number of rotatable bonds is 4. The molecular weight excluding hydrogens is 342 g/mol. The summed E-state index contributed by atoms with van der Waals surface area (Å²) in [7, 11) is 1.51. The van der Waals surface area contributed by atoms with Crippen molar-refractivity contribution in [3.8, 4) is 6.07 Å². The average Bonchev–Trinajstić information content (AvgIpc) is 2.74. The first kappa shape index (κ1) is 19.4. The normalized spacial score (nSPS) is 22.1. The summed E-state index contributed by atoms with van der Waals surface area (Å²) >= 11 is 0. The second-order valence-corrected chi connectivity index (χ2v) is 7.50. The third-order valence-electron chi connectivity index (χ3n) is 5.86. The molecule has 0 bridgehead atoms. The summed E-state index contributed by atoms with van der Waals surface area (Å²) < 4.78 is 4.93. The lowest BCUT2D eigenvalue weighted by atomic mass is 9.74. The van der Waals surface area contributed by atoms with Crippen molar-refractivity contribution >= 4 is 11.8 Å². The van der Waals surface area contributed by atoms with E-state index in [9.17, 15) is 14.9 Å². The third kappa shape index (κ3) is 4.14. The fraction of sp³-hybridized carbons (Fsp3) is 0.571. The van der Waals surface area contributed by atoms with Gasteiger partial charge in [0.15, 0.2) is 0 Å². The quantitative estimate of drug-likeness (QED) is 0.813. The zero-order valence-corrected chi connectivity index (χ0v) is 15.9. The van der Waals surface area contributed by atoms with Crippen LogP contribution >= 0.6 is 0 Å². The molecule has 2 fully saturated rings. The lowest BCUT2D eigenvalue weighted by molar-refractivity contribution is -0.143. The Bertz CT molecular complexity index is 705. The van der Waals surface area contributed by atoms with Gasteiger partial charge in [-0.2, -0.15) is 5.26 Å². The topological polar surface area (TPSA) is 73.6 Å². The maximum atomic E-state index is 13.0. The number of benzene rings is 1. The Labute approximate surface area is 160 Å². The molecule has 0 aromatic heterocycles. The lowest BCUT2D eigenvalue weighted by Gasteiger charge is -2.40. The molecule has 6 nitrogen and oxygen atoms in total. The van der Waals surface area contributed by atoms with Gasteiger partial charge in [-0.25, -0.2) is 0 Å². The number of piperidine rings is 2. The Morgan fingerprint density at radius 3 is 2.52 bits per heavy atom. The van der Waals surface area contributed by atoms with E-state index in [1.807, 2.05) is 35.2 Å². The van der Waals surface area contributed by atoms with Crippen LogP contribution in [0.2, 0.25) is 0 Å². The monoisotopic (exact) mass is 369 g/mol. The molecule has 144 valence electrons. The molecule has 2 saturated heterocycles. The molecule has 1 atom stereocenters. The number of likely N-dealkylation sites (tertiary alicyclic amines) is 2. The van der Waals surface area contributed by atoms with Crippen molar-refractivity contribution in [3.63, 3.8) is 0 Å². The number of amides is 2. The van der Waals surface area contributed by atoms with Crippen molar-refractivity contribution < 1.29 is 14.3 Å². The van der Waals surface area contributed by atoms with Gasteiger partial charge in [-0.05, 0) is 31.2 Å². The van der Waals surface area contributed by atoms with Crippen molar-refractivity contribution in [3.05, 3.63) is 35.9 Å². The summed E-state index contributed by atoms with van der Waals surface area (Å²) in [6, 6.07) is 12.4. The summed E-state index contributed by atoms with van der Waals surface area (Å²) in [6.07, 6.45) is 2.95. The van der Waals surface area contributed by atoms with Gasteiger partial charge in [0.25, 0.3) is 0 Å². The third-order valence-corrected chi connectivity index (χ3v) is 5.86. The van der Waals surface area contributed by atoms with E-state index in [4.69, 9.17) is 4.74 Å². The van der Waals surface area contributed by atoms with E-state index in [0.29, 0.717) is 39.0 Å². The Morgan fingerprint density at radius 1 is 1.19 bits per heavy atom. The van der Waals surface area contributed by atoms with E-state index >= 15 is 0 Å². The van der Waals surface area contributed by atoms with Gasteiger partial charge in [-0.3, -0.25) is 9.59 Å². The highest BCUT2D eigenvalue weighted by Crippen LogP contribution is 2.35. The Hall–Kier alpha value is -2.39. The minimum Gasteiger partial charge on any atom is -0.375 e. The van der Waals surface area contributed by atoms with Crippen LogP contribution in [0.1, 0.15) is 31.2 Å². The Morgan fingerprint density at radius 2 is 1.89 bits per heavy atom. The highest BCUT2D eigenvalue weighted by molar-refractivity contribution is 5.82. The van der Waals surface area contributed by atoms with Gasteiger partial charge in [-0.15, -0.1) is 0 Å². The van der Waals surface area contributed by atoms with Gasteiger partial charge in [0, 0.05) is 33.3 Å². The highest BCUT2D eigenvalue weighted by Gasteiger charge is 2.39. The van der Waals surface area contributed by atoms with E-state index < -0.39 is 5.41 Å². The first-order valence-corrected chi connectivity index (χ1v) is 9.62. The van der Waals surface area contributed by atoms with Crippen LogP contribution in [0.3, 0.4) is 0 Å². The molecule has 0 saturated carbocycles. The zero-order valence-electron chi connectivity index (χ0n) is 15.9. The predicted molar refractivity (Wildman–Crippen MR) is 101 cm³/mol. The van der Waals surface area contributed by atoms with Crippen LogP contribution < -0.4 is 0 Å². The summed E-state index contributed by atoms with van der Waals surface area (Å²) in [5.41, 5.74) is 0.527. The summed E-state index contributed by atoms with van der Waals surface area (Å²) in [5, 5.41) is 9.81. The van der Waals surface area contributed by atoms with E-state index in [1.54, 1.807) is 4.90 Å². The van der Waals surface area contributed by atoms with Gasteiger partial charge in [0.1, 0.15) is 6.61 Å². The number of hydrogen-bond acceptors (Lipinski definition) is 4. The van der Waals surface area contributed by atoms with Crippen LogP contribution in [-0.2, 0) is 19.7 Å². The average molecular weight is 369 g/mol.